The summed E-state index contributed by atoms with van der Waals surface area (Å²) in [5.41, 5.74) is 3.59. The lowest BCUT2D eigenvalue weighted by Gasteiger charge is -1.99. The molecule has 72 valence electrons. The van der Waals surface area contributed by atoms with Gasteiger partial charge in [0.1, 0.15) is 0 Å². The Morgan fingerprint density at radius 2 is 2.14 bits per heavy atom. The van der Waals surface area contributed by atoms with Gasteiger partial charge in [0, 0.05) is 0 Å². The number of carbonyl (C=O) groups is 1. The van der Waals surface area contributed by atoms with Crippen LogP contribution in [-0.4, -0.2) is 18.5 Å². The van der Waals surface area contributed by atoms with Crippen molar-refractivity contribution in [2.24, 2.45) is 5.10 Å². The van der Waals surface area contributed by atoms with E-state index in [0.717, 1.165) is 5.69 Å². The molecule has 1 aromatic rings. The van der Waals surface area contributed by atoms with E-state index in [0.29, 0.717) is 0 Å². The number of amides is 1. The van der Waals surface area contributed by atoms with Crippen LogP contribution in [-0.2, 0) is 9.53 Å². The molecule has 1 aliphatic heterocycles. The molecule has 1 fully saturated rings. The number of nitrogens with zero attached hydrogens (tertiary/aromatic N) is 1. The van der Waals surface area contributed by atoms with Crippen LogP contribution >= 0.6 is 0 Å². The zero-order chi connectivity index (χ0) is 9.80. The van der Waals surface area contributed by atoms with Gasteiger partial charge < -0.3 is 4.74 Å². The van der Waals surface area contributed by atoms with Crippen LogP contribution in [0, 0.1) is 0 Å². The predicted molar refractivity (Wildman–Crippen MR) is 51.6 cm³/mol. The standard InChI is InChI=1S/C9H9N3O2/c13-8-6-14-9(10-8)12-11-7-4-2-1-3-5-7/h1-5,11H,6H2,(H,10,12,13). The fourth-order valence-corrected chi connectivity index (χ4v) is 1.01. The number of hydrogen-bond donors (Lipinski definition) is 2. The van der Waals surface area contributed by atoms with Gasteiger partial charge in [-0.3, -0.25) is 15.5 Å². The summed E-state index contributed by atoms with van der Waals surface area (Å²) in [5, 5.41) is 6.31. The van der Waals surface area contributed by atoms with E-state index in [1.807, 2.05) is 30.3 Å². The topological polar surface area (TPSA) is 62.7 Å². The van der Waals surface area contributed by atoms with E-state index in [2.05, 4.69) is 15.8 Å². The lowest BCUT2D eigenvalue weighted by molar-refractivity contribution is -0.119. The first-order valence-corrected chi connectivity index (χ1v) is 4.16. The number of carbonyl (C=O) groups excluding carboxylic acids is 1. The highest BCUT2D eigenvalue weighted by Gasteiger charge is 2.16. The van der Waals surface area contributed by atoms with Crippen LogP contribution in [0.3, 0.4) is 0 Å². The maximum atomic E-state index is 10.7. The molecular formula is C9H9N3O2. The molecule has 14 heavy (non-hydrogen) atoms. The highest BCUT2D eigenvalue weighted by atomic mass is 16.5. The van der Waals surface area contributed by atoms with Crippen LogP contribution in [0.4, 0.5) is 5.69 Å². The van der Waals surface area contributed by atoms with E-state index in [1.165, 1.54) is 0 Å². The number of para-hydroxylation sites is 1. The minimum atomic E-state index is -0.182. The summed E-state index contributed by atoms with van der Waals surface area (Å²) in [7, 11) is 0. The molecule has 0 atom stereocenters. The van der Waals surface area contributed by atoms with Gasteiger partial charge in [-0.05, 0) is 12.1 Å². The van der Waals surface area contributed by atoms with E-state index >= 15 is 0 Å². The largest absolute Gasteiger partial charge is 0.454 e. The molecule has 0 aromatic heterocycles. The van der Waals surface area contributed by atoms with Gasteiger partial charge in [0.05, 0.1) is 5.69 Å². The monoisotopic (exact) mass is 191 g/mol. The Morgan fingerprint density at radius 1 is 1.36 bits per heavy atom. The third kappa shape index (κ3) is 2.01. The lowest BCUT2D eigenvalue weighted by atomic mass is 10.3. The summed E-state index contributed by atoms with van der Waals surface area (Å²) in [4.78, 5) is 10.7. The van der Waals surface area contributed by atoms with Crippen molar-refractivity contribution in [3.8, 4) is 0 Å². The molecule has 1 aliphatic rings. The van der Waals surface area contributed by atoms with Gasteiger partial charge in [-0.2, -0.15) is 0 Å². The SMILES string of the molecule is O=C1COC(=NNc2ccccc2)N1. The average molecular weight is 191 g/mol. The van der Waals surface area contributed by atoms with Crippen molar-refractivity contribution in [3.63, 3.8) is 0 Å². The molecule has 1 saturated heterocycles. The Balaban J connectivity index is 1.97. The van der Waals surface area contributed by atoms with Gasteiger partial charge in [0.2, 0.25) is 0 Å². The summed E-state index contributed by atoms with van der Waals surface area (Å²) in [6, 6.07) is 9.61. The minimum absolute atomic E-state index is 0.0370. The second-order valence-corrected chi connectivity index (χ2v) is 2.73. The molecule has 5 heteroatoms. The average Bonchev–Trinajstić information content (AvgIpc) is 2.63. The summed E-state index contributed by atoms with van der Waals surface area (Å²) in [5.74, 6) is -0.182. The molecule has 0 saturated carbocycles. The molecular weight excluding hydrogens is 182 g/mol. The van der Waals surface area contributed by atoms with Crippen molar-refractivity contribution in [2.75, 3.05) is 12.0 Å². The van der Waals surface area contributed by atoms with E-state index in [1.54, 1.807) is 0 Å². The second kappa shape index (κ2) is 3.78. The van der Waals surface area contributed by atoms with Crippen LogP contribution < -0.4 is 10.7 Å². The van der Waals surface area contributed by atoms with Crippen molar-refractivity contribution < 1.29 is 9.53 Å². The number of amidine groups is 1. The van der Waals surface area contributed by atoms with Crippen LogP contribution in [0.5, 0.6) is 0 Å². The van der Waals surface area contributed by atoms with Crippen molar-refractivity contribution in [2.45, 2.75) is 0 Å². The number of rotatable bonds is 2. The Hall–Kier alpha value is -2.04. The molecule has 0 unspecified atom stereocenters. The van der Waals surface area contributed by atoms with Gasteiger partial charge in [-0.15, -0.1) is 5.10 Å². The first-order valence-electron chi connectivity index (χ1n) is 4.16. The van der Waals surface area contributed by atoms with E-state index in [-0.39, 0.29) is 18.5 Å². The Morgan fingerprint density at radius 3 is 2.79 bits per heavy atom. The van der Waals surface area contributed by atoms with Crippen LogP contribution in [0.2, 0.25) is 0 Å². The Kier molecular flexibility index (Phi) is 2.31. The van der Waals surface area contributed by atoms with E-state index in [9.17, 15) is 4.79 Å². The van der Waals surface area contributed by atoms with Crippen LogP contribution in [0.15, 0.2) is 35.4 Å². The summed E-state index contributed by atoms with van der Waals surface area (Å²) < 4.78 is 4.91. The predicted octanol–water partition coefficient (Wildman–Crippen LogP) is 0.516. The summed E-state index contributed by atoms with van der Waals surface area (Å²) in [6.45, 7) is 0.0370. The number of benzene rings is 1. The molecule has 0 aliphatic carbocycles. The van der Waals surface area contributed by atoms with Gasteiger partial charge in [0.15, 0.2) is 6.61 Å². The van der Waals surface area contributed by atoms with E-state index < -0.39 is 0 Å². The molecule has 1 amide bonds. The van der Waals surface area contributed by atoms with Crippen molar-refractivity contribution in [1.29, 1.82) is 0 Å². The molecule has 2 rings (SSSR count). The fraction of sp³-hybridized carbons (Fsp3) is 0.111. The normalized spacial score (nSPS) is 17.7. The third-order valence-electron chi connectivity index (χ3n) is 1.65. The molecule has 2 N–H and O–H groups in total. The Bertz CT molecular complexity index is 362. The number of hydrazone groups is 1. The molecule has 5 nitrogen and oxygen atoms in total. The third-order valence-corrected chi connectivity index (χ3v) is 1.65. The minimum Gasteiger partial charge on any atom is -0.454 e. The Labute approximate surface area is 80.8 Å². The van der Waals surface area contributed by atoms with Crippen LogP contribution in [0.25, 0.3) is 0 Å². The van der Waals surface area contributed by atoms with Gasteiger partial charge in [-0.1, -0.05) is 18.2 Å². The zero-order valence-corrected chi connectivity index (χ0v) is 7.36. The van der Waals surface area contributed by atoms with Crippen molar-refractivity contribution in [3.05, 3.63) is 30.3 Å². The second-order valence-electron chi connectivity index (χ2n) is 2.73. The number of hydrogen-bond acceptors (Lipinski definition) is 4. The first kappa shape index (κ1) is 8.55. The fourth-order valence-electron chi connectivity index (χ4n) is 1.01. The molecule has 1 heterocycles. The summed E-state index contributed by atoms with van der Waals surface area (Å²) in [6.07, 6.45) is 0. The maximum Gasteiger partial charge on any atom is 0.314 e. The van der Waals surface area contributed by atoms with Gasteiger partial charge in [0.25, 0.3) is 5.91 Å². The molecule has 1 aromatic carbocycles. The molecule has 0 bridgehead atoms. The maximum absolute atomic E-state index is 10.7. The molecule has 0 spiro atoms. The zero-order valence-electron chi connectivity index (χ0n) is 7.36. The van der Waals surface area contributed by atoms with E-state index in [4.69, 9.17) is 4.74 Å². The summed E-state index contributed by atoms with van der Waals surface area (Å²) >= 11 is 0. The van der Waals surface area contributed by atoms with Gasteiger partial charge >= 0.3 is 6.02 Å². The van der Waals surface area contributed by atoms with Crippen LogP contribution in [0.1, 0.15) is 0 Å². The lowest BCUT2D eigenvalue weighted by Crippen LogP contribution is -2.21. The van der Waals surface area contributed by atoms with Crippen molar-refractivity contribution >= 4 is 17.6 Å². The number of ether oxygens (including phenoxy) is 1. The highest BCUT2D eigenvalue weighted by Crippen LogP contribution is 2.04. The smallest absolute Gasteiger partial charge is 0.314 e. The van der Waals surface area contributed by atoms with Gasteiger partial charge in [-0.25, -0.2) is 0 Å². The highest BCUT2D eigenvalue weighted by molar-refractivity contribution is 6.00. The van der Waals surface area contributed by atoms with Crippen molar-refractivity contribution in [1.82, 2.24) is 5.32 Å². The number of anilines is 1. The number of nitrogens with one attached hydrogen (secondary N) is 2. The first-order chi connectivity index (χ1) is 6.84. The quantitative estimate of drug-likeness (QED) is 0.670. The molecule has 0 radical (unpaired) electrons.